The van der Waals surface area contributed by atoms with E-state index in [0.717, 1.165) is 18.3 Å². The number of halogens is 3. The van der Waals surface area contributed by atoms with Crippen molar-refractivity contribution in [2.45, 2.75) is 12.2 Å². The predicted octanol–water partition coefficient (Wildman–Crippen LogP) is 0.914. The molecular formula is C14H14F3N5O. The molecule has 1 amide bonds. The Hall–Kier alpha value is -2.34. The number of aromatic nitrogens is 1. The minimum atomic E-state index is -4.48. The Morgan fingerprint density at radius 3 is 2.70 bits per heavy atom. The van der Waals surface area contributed by atoms with Gasteiger partial charge in [-0.2, -0.15) is 18.4 Å². The Balaban J connectivity index is 1.84. The first-order valence-corrected chi connectivity index (χ1v) is 7.13. The maximum atomic E-state index is 12.8. The van der Waals surface area contributed by atoms with Crippen LogP contribution in [0.3, 0.4) is 0 Å². The van der Waals surface area contributed by atoms with Crippen LogP contribution in [0, 0.1) is 11.5 Å². The zero-order valence-corrected chi connectivity index (χ0v) is 12.1. The summed E-state index contributed by atoms with van der Waals surface area (Å²) in [6.45, 7) is 2.24. The lowest BCUT2D eigenvalue weighted by Gasteiger charge is -2.44. The first-order valence-electron chi connectivity index (χ1n) is 7.13. The van der Waals surface area contributed by atoms with Crippen molar-refractivity contribution in [1.82, 2.24) is 14.8 Å². The number of carbonyl (C=O) groups is 1. The highest BCUT2D eigenvalue weighted by Gasteiger charge is 2.40. The number of hydrogen-bond acceptors (Lipinski definition) is 5. The molecule has 0 spiro atoms. The highest BCUT2D eigenvalue weighted by atomic mass is 19.4. The van der Waals surface area contributed by atoms with Crippen LogP contribution in [-0.2, 0) is 11.0 Å². The number of amides is 1. The number of anilines is 1. The summed E-state index contributed by atoms with van der Waals surface area (Å²) in [7, 11) is 0. The van der Waals surface area contributed by atoms with Gasteiger partial charge in [-0.25, -0.2) is 4.98 Å². The van der Waals surface area contributed by atoms with E-state index in [9.17, 15) is 18.0 Å². The number of fused-ring (bicyclic) bond motifs is 1. The minimum absolute atomic E-state index is 0.00134. The van der Waals surface area contributed by atoms with Crippen molar-refractivity contribution >= 4 is 11.7 Å². The number of carbonyl (C=O) groups excluding carboxylic acids is 1. The van der Waals surface area contributed by atoms with Gasteiger partial charge in [-0.1, -0.05) is 0 Å². The van der Waals surface area contributed by atoms with Crippen molar-refractivity contribution in [2.75, 3.05) is 37.6 Å². The molecule has 0 unspecified atom stereocenters. The Bertz CT molecular complexity index is 657. The second-order valence-electron chi connectivity index (χ2n) is 5.49. The predicted molar refractivity (Wildman–Crippen MR) is 74.1 cm³/mol. The monoisotopic (exact) mass is 325 g/mol. The fourth-order valence-electron chi connectivity index (χ4n) is 2.90. The van der Waals surface area contributed by atoms with Gasteiger partial charge in [0.2, 0.25) is 5.91 Å². The van der Waals surface area contributed by atoms with Crippen molar-refractivity contribution in [3.63, 3.8) is 0 Å². The van der Waals surface area contributed by atoms with Crippen LogP contribution < -0.4 is 4.90 Å². The molecule has 2 saturated heterocycles. The van der Waals surface area contributed by atoms with Crippen LogP contribution in [0.4, 0.5) is 19.0 Å². The van der Waals surface area contributed by atoms with Crippen LogP contribution in [0.2, 0.25) is 0 Å². The summed E-state index contributed by atoms with van der Waals surface area (Å²) in [6.07, 6.45) is -1.41. The molecule has 6 nitrogen and oxygen atoms in total. The Morgan fingerprint density at radius 2 is 2.00 bits per heavy atom. The molecule has 1 atom stereocenters. The maximum absolute atomic E-state index is 12.8. The molecule has 122 valence electrons. The lowest BCUT2D eigenvalue weighted by atomic mass is 10.1. The van der Waals surface area contributed by atoms with E-state index < -0.39 is 17.8 Å². The van der Waals surface area contributed by atoms with E-state index in [1.54, 1.807) is 0 Å². The molecule has 0 radical (unpaired) electrons. The summed E-state index contributed by atoms with van der Waals surface area (Å²) >= 11 is 0. The van der Waals surface area contributed by atoms with Gasteiger partial charge in [0.15, 0.2) is 6.19 Å². The SMILES string of the molecule is N#CN1CCN2CCN(c3cc(C(F)(F)F)ccn3)C(=O)[C@H]2C1. The molecule has 0 saturated carbocycles. The van der Waals surface area contributed by atoms with Crippen molar-refractivity contribution in [3.8, 4) is 6.19 Å². The average molecular weight is 325 g/mol. The zero-order valence-electron chi connectivity index (χ0n) is 12.1. The van der Waals surface area contributed by atoms with Gasteiger partial charge in [-0.3, -0.25) is 14.6 Å². The summed E-state index contributed by atoms with van der Waals surface area (Å²) in [5, 5.41) is 8.97. The molecule has 3 rings (SSSR count). The summed E-state index contributed by atoms with van der Waals surface area (Å²) in [5.41, 5.74) is -0.833. The van der Waals surface area contributed by atoms with Gasteiger partial charge < -0.3 is 4.90 Å². The van der Waals surface area contributed by atoms with Crippen LogP contribution in [0.5, 0.6) is 0 Å². The quantitative estimate of drug-likeness (QED) is 0.718. The molecule has 0 aliphatic carbocycles. The number of piperazine rings is 2. The van der Waals surface area contributed by atoms with E-state index in [-0.39, 0.29) is 24.8 Å². The maximum Gasteiger partial charge on any atom is 0.416 e. The molecular weight excluding hydrogens is 311 g/mol. The van der Waals surface area contributed by atoms with Crippen molar-refractivity contribution in [3.05, 3.63) is 23.9 Å². The molecule has 2 aliphatic rings. The number of hydrogen-bond donors (Lipinski definition) is 0. The third-order valence-electron chi connectivity index (χ3n) is 4.14. The third-order valence-corrected chi connectivity index (χ3v) is 4.14. The molecule has 0 bridgehead atoms. The van der Waals surface area contributed by atoms with E-state index in [0.29, 0.717) is 19.6 Å². The first kappa shape index (κ1) is 15.6. The second-order valence-corrected chi connectivity index (χ2v) is 5.49. The van der Waals surface area contributed by atoms with E-state index in [2.05, 4.69) is 4.98 Å². The third kappa shape index (κ3) is 2.94. The van der Waals surface area contributed by atoms with Crippen molar-refractivity contribution in [2.24, 2.45) is 0 Å². The van der Waals surface area contributed by atoms with Gasteiger partial charge >= 0.3 is 6.18 Å². The Morgan fingerprint density at radius 1 is 1.26 bits per heavy atom. The molecule has 2 aliphatic heterocycles. The normalized spacial score (nSPS) is 22.7. The van der Waals surface area contributed by atoms with Crippen LogP contribution in [0.25, 0.3) is 0 Å². The largest absolute Gasteiger partial charge is 0.416 e. The van der Waals surface area contributed by atoms with Crippen LogP contribution in [0.1, 0.15) is 5.56 Å². The zero-order chi connectivity index (χ0) is 16.6. The minimum Gasteiger partial charge on any atom is -0.307 e. The molecule has 1 aromatic rings. The standard InChI is InChI=1S/C14H14F3N5O/c15-14(16,17)10-1-2-19-12(7-10)22-6-5-21-4-3-20(9-18)8-11(21)13(22)23/h1-2,7,11H,3-6,8H2/t11-/m1/s1. The number of nitriles is 1. The van der Waals surface area contributed by atoms with Crippen LogP contribution in [0.15, 0.2) is 18.3 Å². The smallest absolute Gasteiger partial charge is 0.307 e. The molecule has 0 N–H and O–H groups in total. The van der Waals surface area contributed by atoms with Gasteiger partial charge in [0.1, 0.15) is 11.9 Å². The van der Waals surface area contributed by atoms with E-state index in [4.69, 9.17) is 5.26 Å². The molecule has 0 aromatic carbocycles. The summed E-state index contributed by atoms with van der Waals surface area (Å²) in [4.78, 5) is 21.2. The molecule has 23 heavy (non-hydrogen) atoms. The van der Waals surface area contributed by atoms with Crippen molar-refractivity contribution < 1.29 is 18.0 Å². The second kappa shape index (κ2) is 5.70. The number of alkyl halides is 3. The number of rotatable bonds is 1. The Kier molecular flexibility index (Phi) is 3.85. The van der Waals surface area contributed by atoms with Gasteiger partial charge in [0, 0.05) is 32.4 Å². The lowest BCUT2D eigenvalue weighted by molar-refractivity contribution is -0.137. The van der Waals surface area contributed by atoms with Crippen LogP contribution >= 0.6 is 0 Å². The lowest BCUT2D eigenvalue weighted by Crippen LogP contribution is -2.64. The van der Waals surface area contributed by atoms with Gasteiger partial charge in [-0.15, -0.1) is 0 Å². The molecule has 9 heteroatoms. The summed E-state index contributed by atoms with van der Waals surface area (Å²) in [5.74, 6) is -0.318. The molecule has 3 heterocycles. The van der Waals surface area contributed by atoms with E-state index >= 15 is 0 Å². The highest BCUT2D eigenvalue weighted by molar-refractivity contribution is 5.97. The topological polar surface area (TPSA) is 63.5 Å². The van der Waals surface area contributed by atoms with Gasteiger partial charge in [0.25, 0.3) is 0 Å². The van der Waals surface area contributed by atoms with E-state index in [1.165, 1.54) is 9.80 Å². The fourth-order valence-corrected chi connectivity index (χ4v) is 2.90. The van der Waals surface area contributed by atoms with Gasteiger partial charge in [0.05, 0.1) is 12.1 Å². The number of pyridine rings is 1. The van der Waals surface area contributed by atoms with Gasteiger partial charge in [-0.05, 0) is 12.1 Å². The summed E-state index contributed by atoms with van der Waals surface area (Å²) in [6, 6.07) is 1.24. The molecule has 1 aromatic heterocycles. The van der Waals surface area contributed by atoms with E-state index in [1.807, 2.05) is 11.1 Å². The fraction of sp³-hybridized carbons (Fsp3) is 0.500. The molecule has 2 fully saturated rings. The number of nitrogens with zero attached hydrogens (tertiary/aromatic N) is 5. The van der Waals surface area contributed by atoms with Crippen LogP contribution in [-0.4, -0.2) is 59.5 Å². The summed E-state index contributed by atoms with van der Waals surface area (Å²) < 4.78 is 38.4. The Labute approximate surface area is 130 Å². The highest BCUT2D eigenvalue weighted by Crippen LogP contribution is 2.31. The first-order chi connectivity index (χ1) is 10.9. The average Bonchev–Trinajstić information content (AvgIpc) is 2.54. The van der Waals surface area contributed by atoms with Crippen molar-refractivity contribution in [1.29, 1.82) is 5.26 Å².